The predicted octanol–water partition coefficient (Wildman–Crippen LogP) is 5.92. The topological polar surface area (TPSA) is 9.23 Å². The maximum Gasteiger partial charge on any atom is 0.119 e. The van der Waals surface area contributed by atoms with Crippen LogP contribution in [0, 0.1) is 0 Å². The quantitative estimate of drug-likeness (QED) is 0.528. The number of hydrogen-bond donors (Lipinski definition) is 0. The molecule has 0 spiro atoms. The molecule has 0 fully saturated rings. The highest BCUT2D eigenvalue weighted by Gasteiger charge is 2.37. The molecular formula is C20H17BrO. The highest BCUT2D eigenvalue weighted by molar-refractivity contribution is 9.10. The Bertz CT molecular complexity index is 909. The van der Waals surface area contributed by atoms with Crippen molar-refractivity contribution in [3.8, 4) is 16.9 Å². The Morgan fingerprint density at radius 3 is 2.41 bits per heavy atom. The van der Waals surface area contributed by atoms with Gasteiger partial charge in [0.1, 0.15) is 5.75 Å². The van der Waals surface area contributed by atoms with E-state index in [0.717, 1.165) is 10.2 Å². The average Bonchev–Trinajstić information content (AvgIpc) is 2.75. The molecule has 0 heterocycles. The van der Waals surface area contributed by atoms with Crippen molar-refractivity contribution < 1.29 is 4.74 Å². The van der Waals surface area contributed by atoms with Gasteiger partial charge in [-0.3, -0.25) is 0 Å². The Labute approximate surface area is 139 Å². The van der Waals surface area contributed by atoms with Gasteiger partial charge in [-0.05, 0) is 57.3 Å². The molecule has 22 heavy (non-hydrogen) atoms. The monoisotopic (exact) mass is 352 g/mol. The van der Waals surface area contributed by atoms with Gasteiger partial charge in [0.15, 0.2) is 0 Å². The summed E-state index contributed by atoms with van der Waals surface area (Å²) >= 11 is 3.62. The van der Waals surface area contributed by atoms with Gasteiger partial charge in [-0.2, -0.15) is 0 Å². The Morgan fingerprint density at radius 1 is 0.909 bits per heavy atom. The molecule has 0 saturated carbocycles. The number of rotatable bonds is 1. The van der Waals surface area contributed by atoms with Crippen molar-refractivity contribution in [2.45, 2.75) is 19.3 Å². The van der Waals surface area contributed by atoms with Crippen molar-refractivity contribution in [3.05, 3.63) is 64.1 Å². The van der Waals surface area contributed by atoms with E-state index in [1.807, 2.05) is 0 Å². The Hall–Kier alpha value is -1.80. The maximum absolute atomic E-state index is 5.43. The van der Waals surface area contributed by atoms with Crippen LogP contribution in [0.25, 0.3) is 21.9 Å². The minimum Gasteiger partial charge on any atom is -0.497 e. The molecule has 3 aromatic rings. The first-order valence-electron chi connectivity index (χ1n) is 7.44. The van der Waals surface area contributed by atoms with Crippen LogP contribution >= 0.6 is 15.9 Å². The van der Waals surface area contributed by atoms with E-state index in [0.29, 0.717) is 0 Å². The normalized spacial score (nSPS) is 14.7. The van der Waals surface area contributed by atoms with Gasteiger partial charge in [-0.1, -0.05) is 54.0 Å². The molecule has 1 aliphatic carbocycles. The molecule has 0 radical (unpaired) electrons. The second kappa shape index (κ2) is 4.60. The molecule has 0 saturated heterocycles. The zero-order valence-electron chi connectivity index (χ0n) is 12.9. The summed E-state index contributed by atoms with van der Waals surface area (Å²) in [7, 11) is 1.73. The second-order valence-electron chi connectivity index (χ2n) is 6.39. The lowest BCUT2D eigenvalue weighted by atomic mass is 9.80. The zero-order chi connectivity index (χ0) is 15.5. The molecule has 0 unspecified atom stereocenters. The Kier molecular flexibility index (Phi) is 2.89. The molecule has 3 aromatic carbocycles. The zero-order valence-corrected chi connectivity index (χ0v) is 14.5. The molecule has 1 nitrogen and oxygen atoms in total. The smallest absolute Gasteiger partial charge is 0.119 e. The van der Waals surface area contributed by atoms with Crippen LogP contribution in [-0.4, -0.2) is 7.11 Å². The summed E-state index contributed by atoms with van der Waals surface area (Å²) in [6.07, 6.45) is 0. The van der Waals surface area contributed by atoms with Gasteiger partial charge in [-0.25, -0.2) is 0 Å². The van der Waals surface area contributed by atoms with Crippen LogP contribution in [0.4, 0.5) is 0 Å². The summed E-state index contributed by atoms with van der Waals surface area (Å²) in [6.45, 7) is 4.61. The summed E-state index contributed by atoms with van der Waals surface area (Å²) in [5.41, 5.74) is 5.39. The van der Waals surface area contributed by atoms with Gasteiger partial charge >= 0.3 is 0 Å². The predicted molar refractivity (Wildman–Crippen MR) is 95.8 cm³/mol. The number of ether oxygens (including phenoxy) is 1. The molecule has 1 aliphatic rings. The van der Waals surface area contributed by atoms with Crippen molar-refractivity contribution in [2.75, 3.05) is 7.11 Å². The van der Waals surface area contributed by atoms with Gasteiger partial charge < -0.3 is 4.74 Å². The Morgan fingerprint density at radius 2 is 1.64 bits per heavy atom. The third-order valence-electron chi connectivity index (χ3n) is 4.80. The molecule has 0 aromatic heterocycles. The lowest BCUT2D eigenvalue weighted by molar-refractivity contribution is 0.413. The van der Waals surface area contributed by atoms with Gasteiger partial charge in [0.2, 0.25) is 0 Å². The molecule has 2 heteroatoms. The van der Waals surface area contributed by atoms with E-state index in [-0.39, 0.29) is 5.41 Å². The van der Waals surface area contributed by atoms with Crippen LogP contribution in [-0.2, 0) is 5.41 Å². The van der Waals surface area contributed by atoms with E-state index < -0.39 is 0 Å². The third kappa shape index (κ3) is 1.77. The lowest BCUT2D eigenvalue weighted by Gasteiger charge is -2.23. The molecule has 110 valence electrons. The summed E-state index contributed by atoms with van der Waals surface area (Å²) in [5.74, 6) is 0.921. The molecule has 0 aliphatic heterocycles. The van der Waals surface area contributed by atoms with E-state index in [1.54, 1.807) is 7.11 Å². The number of fused-ring (bicyclic) bond motifs is 5. The lowest BCUT2D eigenvalue weighted by Crippen LogP contribution is -2.15. The van der Waals surface area contributed by atoms with E-state index in [2.05, 4.69) is 78.3 Å². The summed E-state index contributed by atoms with van der Waals surface area (Å²) < 4.78 is 6.55. The summed E-state index contributed by atoms with van der Waals surface area (Å²) in [4.78, 5) is 0. The van der Waals surface area contributed by atoms with Crippen LogP contribution < -0.4 is 4.74 Å². The minimum absolute atomic E-state index is 0.0283. The van der Waals surface area contributed by atoms with Crippen molar-refractivity contribution in [1.29, 1.82) is 0 Å². The van der Waals surface area contributed by atoms with Crippen LogP contribution in [0.2, 0.25) is 0 Å². The first-order chi connectivity index (χ1) is 10.5. The fourth-order valence-corrected chi connectivity index (χ4v) is 4.09. The third-order valence-corrected chi connectivity index (χ3v) is 5.29. The highest BCUT2D eigenvalue weighted by atomic mass is 79.9. The van der Waals surface area contributed by atoms with Gasteiger partial charge in [-0.15, -0.1) is 0 Å². The number of halogens is 1. The fraction of sp³-hybridized carbons (Fsp3) is 0.200. The van der Waals surface area contributed by atoms with Crippen LogP contribution in [0.1, 0.15) is 25.0 Å². The molecule has 0 N–H and O–H groups in total. The Balaban J connectivity index is 2.11. The van der Waals surface area contributed by atoms with Crippen molar-refractivity contribution in [1.82, 2.24) is 0 Å². The fourth-order valence-electron chi connectivity index (χ4n) is 3.73. The van der Waals surface area contributed by atoms with Crippen LogP contribution in [0.15, 0.2) is 53.0 Å². The molecule has 0 amide bonds. The summed E-state index contributed by atoms with van der Waals surface area (Å²) in [5, 5.41) is 2.61. The molecular weight excluding hydrogens is 336 g/mol. The molecule has 4 rings (SSSR count). The first kappa shape index (κ1) is 13.8. The first-order valence-corrected chi connectivity index (χ1v) is 8.23. The standard InChI is InChI=1S/C20H17BrO/c1-20(2)18-11-14(22-3)7-9-15(18)16-8-5-12-4-6-13(21)10-17(12)19(16)20/h4-11H,1-3H3. The molecule has 0 bridgehead atoms. The molecule has 0 atom stereocenters. The average molecular weight is 353 g/mol. The highest BCUT2D eigenvalue weighted by Crippen LogP contribution is 2.52. The SMILES string of the molecule is COc1ccc2c(c1)C(C)(C)c1c-2ccc2ccc(Br)cc12. The van der Waals surface area contributed by atoms with Crippen molar-refractivity contribution in [3.63, 3.8) is 0 Å². The summed E-state index contributed by atoms with van der Waals surface area (Å²) in [6, 6.07) is 17.4. The van der Waals surface area contributed by atoms with Gasteiger partial charge in [0.25, 0.3) is 0 Å². The van der Waals surface area contributed by atoms with Gasteiger partial charge in [0, 0.05) is 9.89 Å². The largest absolute Gasteiger partial charge is 0.497 e. The maximum atomic E-state index is 5.43. The number of hydrogen-bond acceptors (Lipinski definition) is 1. The van der Waals surface area contributed by atoms with E-state index >= 15 is 0 Å². The van der Waals surface area contributed by atoms with E-state index in [4.69, 9.17) is 4.74 Å². The minimum atomic E-state index is -0.0283. The van der Waals surface area contributed by atoms with Crippen LogP contribution in [0.3, 0.4) is 0 Å². The number of methoxy groups -OCH3 is 1. The van der Waals surface area contributed by atoms with Crippen LogP contribution in [0.5, 0.6) is 5.75 Å². The van der Waals surface area contributed by atoms with Gasteiger partial charge in [0.05, 0.1) is 7.11 Å². The number of benzene rings is 3. The second-order valence-corrected chi connectivity index (χ2v) is 7.31. The van der Waals surface area contributed by atoms with Crippen molar-refractivity contribution >= 4 is 26.7 Å². The van der Waals surface area contributed by atoms with E-state index in [1.165, 1.54) is 33.0 Å². The van der Waals surface area contributed by atoms with Crippen molar-refractivity contribution in [2.24, 2.45) is 0 Å². The van der Waals surface area contributed by atoms with E-state index in [9.17, 15) is 0 Å².